The number of amides is 1. The Bertz CT molecular complexity index is 733. The maximum absolute atomic E-state index is 11.9. The third-order valence-electron chi connectivity index (χ3n) is 2.66. The van der Waals surface area contributed by atoms with Crippen molar-refractivity contribution in [1.82, 2.24) is 15.1 Å². The van der Waals surface area contributed by atoms with Gasteiger partial charge in [0.25, 0.3) is 5.89 Å². The molecule has 3 aromatic rings. The standard InChI is InChI=1S/C13H12N4O2S2/c1-2-10-15-12(19-17-10)9-7-14-13(21-9)16-11(18)6-8-4-3-5-20-8/h3-5,7H,2,6H2,1H3,(H,14,16,18). The third kappa shape index (κ3) is 3.34. The van der Waals surface area contributed by atoms with E-state index < -0.39 is 0 Å². The Morgan fingerprint density at radius 3 is 3.10 bits per heavy atom. The quantitative estimate of drug-likeness (QED) is 0.781. The predicted molar refractivity (Wildman–Crippen MR) is 81.4 cm³/mol. The van der Waals surface area contributed by atoms with Gasteiger partial charge in [-0.25, -0.2) is 4.98 Å². The van der Waals surface area contributed by atoms with Crippen LogP contribution in [0.4, 0.5) is 5.13 Å². The molecule has 0 fully saturated rings. The maximum Gasteiger partial charge on any atom is 0.269 e. The summed E-state index contributed by atoms with van der Waals surface area (Å²) < 4.78 is 5.14. The molecule has 108 valence electrons. The molecule has 0 aliphatic carbocycles. The molecule has 0 bridgehead atoms. The van der Waals surface area contributed by atoms with Gasteiger partial charge in [-0.05, 0) is 11.4 Å². The molecule has 3 aromatic heterocycles. The molecule has 6 nitrogen and oxygen atoms in total. The fourth-order valence-electron chi connectivity index (χ4n) is 1.66. The SMILES string of the molecule is CCc1noc(-c2cnc(NC(=O)Cc3cccs3)s2)n1. The van der Waals surface area contributed by atoms with Crippen molar-refractivity contribution in [2.24, 2.45) is 0 Å². The van der Waals surface area contributed by atoms with Crippen LogP contribution in [0.15, 0.2) is 28.2 Å². The van der Waals surface area contributed by atoms with Crippen molar-refractivity contribution in [2.45, 2.75) is 19.8 Å². The molecule has 1 N–H and O–H groups in total. The van der Waals surface area contributed by atoms with Crippen molar-refractivity contribution in [2.75, 3.05) is 5.32 Å². The van der Waals surface area contributed by atoms with Crippen LogP contribution in [0, 0.1) is 0 Å². The van der Waals surface area contributed by atoms with E-state index in [1.54, 1.807) is 17.5 Å². The summed E-state index contributed by atoms with van der Waals surface area (Å²) in [5.41, 5.74) is 0. The number of carbonyl (C=O) groups excluding carboxylic acids is 1. The molecule has 0 unspecified atom stereocenters. The van der Waals surface area contributed by atoms with Gasteiger partial charge in [-0.2, -0.15) is 4.98 Å². The smallest absolute Gasteiger partial charge is 0.269 e. The highest BCUT2D eigenvalue weighted by atomic mass is 32.1. The van der Waals surface area contributed by atoms with E-state index in [0.29, 0.717) is 29.7 Å². The van der Waals surface area contributed by atoms with E-state index in [2.05, 4.69) is 20.4 Å². The average Bonchev–Trinajstić information content (AvgIpc) is 3.18. The number of rotatable bonds is 5. The number of carbonyl (C=O) groups is 1. The fraction of sp³-hybridized carbons (Fsp3) is 0.231. The number of thiophene rings is 1. The topological polar surface area (TPSA) is 80.9 Å². The van der Waals surface area contributed by atoms with Crippen molar-refractivity contribution in [3.05, 3.63) is 34.4 Å². The highest BCUT2D eigenvalue weighted by Gasteiger charge is 2.13. The maximum atomic E-state index is 11.9. The molecule has 0 aliphatic rings. The van der Waals surface area contributed by atoms with Crippen LogP contribution in [-0.2, 0) is 17.6 Å². The molecule has 0 saturated heterocycles. The number of hydrogen-bond donors (Lipinski definition) is 1. The van der Waals surface area contributed by atoms with Gasteiger partial charge >= 0.3 is 0 Å². The molecule has 0 spiro atoms. The summed E-state index contributed by atoms with van der Waals surface area (Å²) in [6.07, 6.45) is 2.69. The zero-order chi connectivity index (χ0) is 14.7. The Hall–Kier alpha value is -2.06. The molecule has 0 saturated carbocycles. The van der Waals surface area contributed by atoms with Gasteiger partial charge in [0, 0.05) is 11.3 Å². The second-order valence-corrected chi connectivity index (χ2v) is 6.27. The lowest BCUT2D eigenvalue weighted by atomic mass is 10.3. The average molecular weight is 320 g/mol. The largest absolute Gasteiger partial charge is 0.333 e. The third-order valence-corrected chi connectivity index (χ3v) is 4.44. The van der Waals surface area contributed by atoms with E-state index in [9.17, 15) is 4.79 Å². The summed E-state index contributed by atoms with van der Waals surface area (Å²) in [6, 6.07) is 3.86. The summed E-state index contributed by atoms with van der Waals surface area (Å²) in [5.74, 6) is 1.00. The van der Waals surface area contributed by atoms with Crippen molar-refractivity contribution in [3.63, 3.8) is 0 Å². The molecule has 0 radical (unpaired) electrons. The first-order valence-corrected chi connectivity index (χ1v) is 8.05. The zero-order valence-corrected chi connectivity index (χ0v) is 12.8. The molecule has 8 heteroatoms. The summed E-state index contributed by atoms with van der Waals surface area (Å²) in [5, 5.41) is 9.09. The minimum atomic E-state index is -0.0851. The number of aryl methyl sites for hydroxylation is 1. The van der Waals surface area contributed by atoms with E-state index in [4.69, 9.17) is 4.52 Å². The zero-order valence-electron chi connectivity index (χ0n) is 11.2. The Morgan fingerprint density at radius 2 is 2.38 bits per heavy atom. The van der Waals surface area contributed by atoms with Crippen LogP contribution < -0.4 is 5.32 Å². The lowest BCUT2D eigenvalue weighted by Gasteiger charge is -1.98. The lowest BCUT2D eigenvalue weighted by molar-refractivity contribution is -0.115. The lowest BCUT2D eigenvalue weighted by Crippen LogP contribution is -2.13. The van der Waals surface area contributed by atoms with Crippen LogP contribution in [0.25, 0.3) is 10.8 Å². The van der Waals surface area contributed by atoms with Crippen LogP contribution in [0.5, 0.6) is 0 Å². The van der Waals surface area contributed by atoms with Gasteiger partial charge in [-0.15, -0.1) is 11.3 Å². The molecular formula is C13H12N4O2S2. The number of hydrogen-bond acceptors (Lipinski definition) is 7. The van der Waals surface area contributed by atoms with E-state index in [1.807, 2.05) is 24.4 Å². The van der Waals surface area contributed by atoms with Crippen LogP contribution in [-0.4, -0.2) is 21.0 Å². The Morgan fingerprint density at radius 1 is 1.48 bits per heavy atom. The molecule has 0 aromatic carbocycles. The van der Waals surface area contributed by atoms with Gasteiger partial charge in [0.15, 0.2) is 11.0 Å². The highest BCUT2D eigenvalue weighted by molar-refractivity contribution is 7.19. The van der Waals surface area contributed by atoms with Gasteiger partial charge < -0.3 is 9.84 Å². The first kappa shape index (κ1) is 13.9. The van der Waals surface area contributed by atoms with Crippen molar-refractivity contribution < 1.29 is 9.32 Å². The summed E-state index contributed by atoms with van der Waals surface area (Å²) in [6.45, 7) is 1.96. The molecule has 3 heterocycles. The normalized spacial score (nSPS) is 10.7. The predicted octanol–water partition coefficient (Wildman–Crippen LogP) is 3.00. The molecule has 21 heavy (non-hydrogen) atoms. The number of nitrogens with zero attached hydrogens (tertiary/aromatic N) is 3. The van der Waals surface area contributed by atoms with E-state index >= 15 is 0 Å². The molecular weight excluding hydrogens is 308 g/mol. The highest BCUT2D eigenvalue weighted by Crippen LogP contribution is 2.27. The van der Waals surface area contributed by atoms with E-state index in [-0.39, 0.29) is 5.91 Å². The van der Waals surface area contributed by atoms with Crippen molar-refractivity contribution in [3.8, 4) is 10.8 Å². The number of thiazole rings is 1. The molecule has 0 atom stereocenters. The Labute approximate surface area is 128 Å². The number of anilines is 1. The molecule has 3 rings (SSSR count). The summed E-state index contributed by atoms with van der Waals surface area (Å²) in [4.78, 5) is 22.0. The minimum Gasteiger partial charge on any atom is -0.333 e. The second kappa shape index (κ2) is 6.15. The van der Waals surface area contributed by atoms with Crippen LogP contribution >= 0.6 is 22.7 Å². The minimum absolute atomic E-state index is 0.0851. The monoisotopic (exact) mass is 320 g/mol. The van der Waals surface area contributed by atoms with Crippen LogP contribution in [0.3, 0.4) is 0 Å². The van der Waals surface area contributed by atoms with Gasteiger partial charge in [-0.1, -0.05) is 29.5 Å². The van der Waals surface area contributed by atoms with Gasteiger partial charge in [0.1, 0.15) is 4.88 Å². The van der Waals surface area contributed by atoms with Crippen LogP contribution in [0.2, 0.25) is 0 Å². The van der Waals surface area contributed by atoms with E-state index in [0.717, 1.165) is 9.75 Å². The van der Waals surface area contributed by atoms with Gasteiger partial charge in [0.2, 0.25) is 5.91 Å². The Balaban J connectivity index is 1.66. The second-order valence-electron chi connectivity index (χ2n) is 4.20. The van der Waals surface area contributed by atoms with E-state index in [1.165, 1.54) is 11.3 Å². The van der Waals surface area contributed by atoms with Crippen molar-refractivity contribution in [1.29, 1.82) is 0 Å². The fourth-order valence-corrected chi connectivity index (χ4v) is 3.12. The van der Waals surface area contributed by atoms with Crippen LogP contribution in [0.1, 0.15) is 17.6 Å². The van der Waals surface area contributed by atoms with Gasteiger partial charge in [0.05, 0.1) is 12.6 Å². The van der Waals surface area contributed by atoms with Crippen molar-refractivity contribution >= 4 is 33.7 Å². The Kier molecular flexibility index (Phi) is 4.07. The number of aromatic nitrogens is 3. The first-order valence-electron chi connectivity index (χ1n) is 6.35. The molecule has 1 amide bonds. The first-order chi connectivity index (χ1) is 10.2. The summed E-state index contributed by atoms with van der Waals surface area (Å²) in [7, 11) is 0. The summed E-state index contributed by atoms with van der Waals surface area (Å²) >= 11 is 2.87. The van der Waals surface area contributed by atoms with Gasteiger partial charge in [-0.3, -0.25) is 4.79 Å². The number of nitrogens with one attached hydrogen (secondary N) is 1. The molecule has 0 aliphatic heterocycles.